The number of nitrogens with zero attached hydrogens (tertiary/aromatic N) is 8. The van der Waals surface area contributed by atoms with Crippen molar-refractivity contribution < 1.29 is 9.59 Å². The third kappa shape index (κ3) is 4.19. The second-order valence-electron chi connectivity index (χ2n) is 7.72. The van der Waals surface area contributed by atoms with Crippen LogP contribution in [-0.2, 0) is 9.59 Å². The number of aryl methyl sites for hydroxylation is 1. The number of aromatic nitrogens is 8. The predicted octanol–water partition coefficient (Wildman–Crippen LogP) is 2.92. The van der Waals surface area contributed by atoms with Crippen LogP contribution in [0.2, 0.25) is 0 Å². The van der Waals surface area contributed by atoms with E-state index in [1.165, 1.54) is 25.1 Å². The van der Waals surface area contributed by atoms with Crippen LogP contribution in [0.5, 0.6) is 0 Å². The Morgan fingerprint density at radius 3 is 2.51 bits per heavy atom. The summed E-state index contributed by atoms with van der Waals surface area (Å²) in [5, 5.41) is 9.51. The summed E-state index contributed by atoms with van der Waals surface area (Å²) in [7, 11) is 0. The van der Waals surface area contributed by atoms with Crippen LogP contribution in [0.3, 0.4) is 0 Å². The van der Waals surface area contributed by atoms with Crippen LogP contribution in [0.4, 0.5) is 17.5 Å². The number of imidazole rings is 1. The van der Waals surface area contributed by atoms with Crippen molar-refractivity contribution >= 4 is 34.9 Å². The molecule has 0 aliphatic heterocycles. The molecule has 5 aromatic heterocycles. The van der Waals surface area contributed by atoms with Gasteiger partial charge in [0.25, 0.3) is 0 Å². The summed E-state index contributed by atoms with van der Waals surface area (Å²) in [5.74, 6) is 1.03. The molecule has 12 nitrogen and oxygen atoms in total. The third-order valence-electron chi connectivity index (χ3n) is 5.13. The monoisotopic (exact) mass is 468 g/mol. The number of carbonyl (C=O) groups excluding carboxylic acids is 2. The van der Waals surface area contributed by atoms with Gasteiger partial charge in [-0.1, -0.05) is 0 Å². The number of fused-ring (bicyclic) bond motifs is 1. The van der Waals surface area contributed by atoms with Crippen LogP contribution in [0.15, 0.2) is 55.4 Å². The molecule has 0 saturated heterocycles. The number of hydrogen-bond donors (Lipinski definition) is 2. The van der Waals surface area contributed by atoms with E-state index in [-0.39, 0.29) is 11.8 Å². The molecular weight excluding hydrogens is 448 g/mol. The van der Waals surface area contributed by atoms with E-state index < -0.39 is 0 Å². The lowest BCUT2D eigenvalue weighted by Gasteiger charge is -2.18. The highest BCUT2D eigenvalue weighted by Gasteiger charge is 2.26. The smallest absolute Gasteiger partial charge is 0.230 e. The lowest BCUT2D eigenvalue weighted by atomic mass is 10.1. The van der Waals surface area contributed by atoms with Gasteiger partial charge in [-0.05, 0) is 19.1 Å². The SMILES string of the molecule is CC(=O)Nc1cc(-c2c(N(C(C)=O)c3ccn[nH]3)nc3ccc(-c4cncnc4)cn23)nc(C)n1. The van der Waals surface area contributed by atoms with E-state index in [9.17, 15) is 9.59 Å². The highest BCUT2D eigenvalue weighted by Crippen LogP contribution is 2.36. The maximum Gasteiger partial charge on any atom is 0.230 e. The quantitative estimate of drug-likeness (QED) is 0.400. The van der Waals surface area contributed by atoms with Gasteiger partial charge in [-0.2, -0.15) is 5.10 Å². The molecule has 5 aromatic rings. The summed E-state index contributed by atoms with van der Waals surface area (Å²) >= 11 is 0. The largest absolute Gasteiger partial charge is 0.311 e. The number of nitrogens with one attached hydrogen (secondary N) is 2. The van der Waals surface area contributed by atoms with Crippen molar-refractivity contribution in [2.24, 2.45) is 0 Å². The van der Waals surface area contributed by atoms with E-state index in [0.717, 1.165) is 11.1 Å². The Balaban J connectivity index is 1.80. The third-order valence-corrected chi connectivity index (χ3v) is 5.13. The van der Waals surface area contributed by atoms with E-state index in [1.54, 1.807) is 37.6 Å². The standard InChI is InChI=1S/C23H20N10O2/c1-13-27-18(8-19(28-13)29-14(2)34)22-23(33(15(3)35)21-6-7-26-31-21)30-20-5-4-16(11-32(20)22)17-9-24-12-25-10-17/h4-12H,1-3H3,(H,26,31)(H,27,28,29,34). The van der Waals surface area contributed by atoms with Gasteiger partial charge in [0.1, 0.15) is 35.1 Å². The van der Waals surface area contributed by atoms with Crippen LogP contribution < -0.4 is 10.2 Å². The van der Waals surface area contributed by atoms with Crippen molar-refractivity contribution in [1.82, 2.24) is 39.5 Å². The number of carbonyl (C=O) groups is 2. The Morgan fingerprint density at radius 2 is 1.83 bits per heavy atom. The van der Waals surface area contributed by atoms with Gasteiger partial charge in [-0.3, -0.25) is 19.1 Å². The highest BCUT2D eigenvalue weighted by atomic mass is 16.2. The molecule has 0 bridgehead atoms. The zero-order valence-corrected chi connectivity index (χ0v) is 19.1. The Labute approximate surface area is 199 Å². The molecule has 35 heavy (non-hydrogen) atoms. The molecule has 2 N–H and O–H groups in total. The molecule has 0 saturated carbocycles. The Morgan fingerprint density at radius 1 is 1.03 bits per heavy atom. The zero-order valence-electron chi connectivity index (χ0n) is 19.1. The van der Waals surface area contributed by atoms with Crippen LogP contribution in [0, 0.1) is 6.92 Å². The molecule has 0 aliphatic rings. The Hall–Kier alpha value is -5.00. The Bertz CT molecular complexity index is 1540. The van der Waals surface area contributed by atoms with Gasteiger partial charge in [0, 0.05) is 55.7 Å². The molecule has 0 radical (unpaired) electrons. The fourth-order valence-electron chi connectivity index (χ4n) is 3.78. The van der Waals surface area contributed by atoms with Crippen molar-refractivity contribution in [1.29, 1.82) is 0 Å². The molecule has 0 aliphatic carbocycles. The van der Waals surface area contributed by atoms with Crippen LogP contribution >= 0.6 is 0 Å². The second-order valence-corrected chi connectivity index (χ2v) is 7.72. The van der Waals surface area contributed by atoms with Gasteiger partial charge in [-0.15, -0.1) is 0 Å². The number of pyridine rings is 1. The fourth-order valence-corrected chi connectivity index (χ4v) is 3.78. The van der Waals surface area contributed by atoms with Crippen molar-refractivity contribution in [2.45, 2.75) is 20.8 Å². The van der Waals surface area contributed by atoms with Crippen LogP contribution in [-0.4, -0.2) is 51.3 Å². The molecule has 0 aromatic carbocycles. The van der Waals surface area contributed by atoms with Gasteiger partial charge in [-0.25, -0.2) is 29.8 Å². The molecule has 5 rings (SSSR count). The summed E-state index contributed by atoms with van der Waals surface area (Å²) in [5.41, 5.74) is 3.23. The lowest BCUT2D eigenvalue weighted by Crippen LogP contribution is -2.24. The number of rotatable bonds is 5. The van der Waals surface area contributed by atoms with Crippen molar-refractivity contribution in [3.8, 4) is 22.5 Å². The first kappa shape index (κ1) is 21.8. The fraction of sp³-hybridized carbons (Fsp3) is 0.130. The molecule has 0 spiro atoms. The first-order valence-corrected chi connectivity index (χ1v) is 10.6. The molecule has 0 atom stereocenters. The van der Waals surface area contributed by atoms with E-state index >= 15 is 0 Å². The summed E-state index contributed by atoms with van der Waals surface area (Å²) in [6, 6.07) is 7.06. The first-order valence-electron chi connectivity index (χ1n) is 10.6. The Kier molecular flexibility index (Phi) is 5.45. The summed E-state index contributed by atoms with van der Waals surface area (Å²) in [6.07, 6.45) is 8.31. The normalized spacial score (nSPS) is 10.9. The summed E-state index contributed by atoms with van der Waals surface area (Å²) in [6.45, 7) is 4.57. The second kappa shape index (κ2) is 8.74. The summed E-state index contributed by atoms with van der Waals surface area (Å²) in [4.78, 5) is 47.8. The van der Waals surface area contributed by atoms with E-state index in [1.807, 2.05) is 22.7 Å². The molecule has 12 heteroatoms. The predicted molar refractivity (Wildman–Crippen MR) is 128 cm³/mol. The van der Waals surface area contributed by atoms with E-state index in [0.29, 0.717) is 40.3 Å². The molecule has 5 heterocycles. The zero-order chi connectivity index (χ0) is 24.5. The lowest BCUT2D eigenvalue weighted by molar-refractivity contribution is -0.116. The minimum Gasteiger partial charge on any atom is -0.311 e. The summed E-state index contributed by atoms with van der Waals surface area (Å²) < 4.78 is 1.84. The topological polar surface area (TPSA) is 147 Å². The molecule has 174 valence electrons. The number of H-pyrrole nitrogens is 1. The highest BCUT2D eigenvalue weighted by molar-refractivity contribution is 6.01. The van der Waals surface area contributed by atoms with Crippen LogP contribution in [0.1, 0.15) is 19.7 Å². The molecular formula is C23H20N10O2. The van der Waals surface area contributed by atoms with E-state index in [4.69, 9.17) is 4.98 Å². The van der Waals surface area contributed by atoms with Gasteiger partial charge in [0.2, 0.25) is 11.8 Å². The van der Waals surface area contributed by atoms with Crippen molar-refractivity contribution in [3.05, 3.63) is 61.2 Å². The number of aromatic amines is 1. The van der Waals surface area contributed by atoms with Crippen molar-refractivity contribution in [3.63, 3.8) is 0 Å². The van der Waals surface area contributed by atoms with E-state index in [2.05, 4.69) is 35.5 Å². The van der Waals surface area contributed by atoms with Crippen molar-refractivity contribution in [2.75, 3.05) is 10.2 Å². The molecule has 0 unspecified atom stereocenters. The van der Waals surface area contributed by atoms with Gasteiger partial charge < -0.3 is 5.32 Å². The molecule has 2 amide bonds. The minimum atomic E-state index is -0.275. The number of hydrogen-bond acceptors (Lipinski definition) is 8. The van der Waals surface area contributed by atoms with Gasteiger partial charge >= 0.3 is 0 Å². The van der Waals surface area contributed by atoms with Gasteiger partial charge in [0.05, 0.1) is 11.9 Å². The number of amides is 2. The maximum absolute atomic E-state index is 12.8. The van der Waals surface area contributed by atoms with Gasteiger partial charge in [0.15, 0.2) is 5.82 Å². The first-order chi connectivity index (χ1) is 16.9. The van der Waals surface area contributed by atoms with Crippen LogP contribution in [0.25, 0.3) is 28.2 Å². The molecule has 0 fully saturated rings. The number of anilines is 3. The maximum atomic E-state index is 12.8. The average molecular weight is 468 g/mol. The minimum absolute atomic E-state index is 0.262. The average Bonchev–Trinajstić information content (AvgIpc) is 3.46.